The van der Waals surface area contributed by atoms with Crippen LogP contribution in [0.5, 0.6) is 5.75 Å². The number of aryl methyl sites for hydroxylation is 2. The third-order valence-electron chi connectivity index (χ3n) is 3.31. The maximum Gasteiger partial charge on any atom is 0.247 e. The van der Waals surface area contributed by atoms with Gasteiger partial charge in [-0.15, -0.1) is 0 Å². The zero-order valence-electron chi connectivity index (χ0n) is 12.1. The average molecular weight is 297 g/mol. The van der Waals surface area contributed by atoms with Crippen LogP contribution in [0.15, 0.2) is 51.9 Å². The Morgan fingerprint density at radius 1 is 1.18 bits per heavy atom. The molecule has 0 atom stereocenters. The number of nitrogens with zero attached hydrogens (tertiary/aromatic N) is 2. The molecule has 3 rings (SSSR count). The summed E-state index contributed by atoms with van der Waals surface area (Å²) in [5.74, 6) is 1.86. The summed E-state index contributed by atoms with van der Waals surface area (Å²) in [6.45, 7) is 0. The summed E-state index contributed by atoms with van der Waals surface area (Å²) in [4.78, 5) is 18.0. The lowest BCUT2D eigenvalue weighted by Gasteiger charge is -2.05. The van der Waals surface area contributed by atoms with Gasteiger partial charge in [-0.25, -0.2) is 0 Å². The van der Waals surface area contributed by atoms with Gasteiger partial charge in [0.1, 0.15) is 5.75 Å². The van der Waals surface area contributed by atoms with Gasteiger partial charge in [-0.3, -0.25) is 4.79 Å². The monoisotopic (exact) mass is 297 g/mol. The van der Waals surface area contributed by atoms with Crippen LogP contribution in [0.2, 0.25) is 0 Å². The maximum atomic E-state index is 11.0. The molecule has 0 fully saturated rings. The van der Waals surface area contributed by atoms with Gasteiger partial charge in [0.25, 0.3) is 0 Å². The van der Waals surface area contributed by atoms with Crippen LogP contribution in [0.1, 0.15) is 11.5 Å². The maximum absolute atomic E-state index is 11.0. The summed E-state index contributed by atoms with van der Waals surface area (Å²) in [7, 11) is 1.65. The molecule has 6 nitrogen and oxygen atoms in total. The van der Waals surface area contributed by atoms with E-state index in [9.17, 15) is 4.79 Å². The van der Waals surface area contributed by atoms with Crippen LogP contribution in [-0.4, -0.2) is 22.2 Å². The first-order valence-electron chi connectivity index (χ1n) is 6.90. The Balaban J connectivity index is 1.72. The predicted octanol–water partition coefficient (Wildman–Crippen LogP) is 2.22. The molecule has 2 aromatic heterocycles. The quantitative estimate of drug-likeness (QED) is 0.781. The third kappa shape index (κ3) is 3.06. The molecule has 22 heavy (non-hydrogen) atoms. The fourth-order valence-corrected chi connectivity index (χ4v) is 2.17. The summed E-state index contributed by atoms with van der Waals surface area (Å²) in [5, 5.41) is 3.93. The second-order valence-electron chi connectivity index (χ2n) is 4.77. The highest BCUT2D eigenvalue weighted by molar-refractivity contribution is 5.51. The number of rotatable bonds is 5. The van der Waals surface area contributed by atoms with E-state index in [2.05, 4.69) is 15.1 Å². The van der Waals surface area contributed by atoms with Crippen LogP contribution in [0, 0.1) is 0 Å². The summed E-state index contributed by atoms with van der Waals surface area (Å²) >= 11 is 0. The Bertz CT molecular complexity index is 803. The lowest BCUT2D eigenvalue weighted by molar-refractivity contribution is 0.376. The molecule has 0 saturated heterocycles. The van der Waals surface area contributed by atoms with E-state index < -0.39 is 0 Å². The molecule has 0 saturated carbocycles. The van der Waals surface area contributed by atoms with Crippen molar-refractivity contribution in [2.45, 2.75) is 12.8 Å². The van der Waals surface area contributed by atoms with E-state index in [-0.39, 0.29) is 5.56 Å². The van der Waals surface area contributed by atoms with Crippen LogP contribution < -0.4 is 10.3 Å². The van der Waals surface area contributed by atoms with E-state index >= 15 is 0 Å². The number of pyridine rings is 1. The molecule has 1 N–H and O–H groups in total. The van der Waals surface area contributed by atoms with Gasteiger partial charge in [-0.1, -0.05) is 23.4 Å². The molecular weight excluding hydrogens is 282 g/mol. The number of ether oxygens (including phenoxy) is 1. The Labute approximate surface area is 126 Å². The fourth-order valence-electron chi connectivity index (χ4n) is 2.17. The van der Waals surface area contributed by atoms with Crippen molar-refractivity contribution in [2.24, 2.45) is 0 Å². The molecule has 2 heterocycles. The minimum absolute atomic E-state index is 0.163. The third-order valence-corrected chi connectivity index (χ3v) is 3.31. The number of para-hydroxylation sites is 1. The van der Waals surface area contributed by atoms with Gasteiger partial charge in [0, 0.05) is 24.2 Å². The molecule has 112 valence electrons. The second-order valence-corrected chi connectivity index (χ2v) is 4.77. The van der Waals surface area contributed by atoms with Gasteiger partial charge in [0.15, 0.2) is 0 Å². The molecule has 1 aromatic carbocycles. The Morgan fingerprint density at radius 3 is 2.82 bits per heavy atom. The van der Waals surface area contributed by atoms with Crippen molar-refractivity contribution in [3.8, 4) is 17.1 Å². The number of hydrogen-bond acceptors (Lipinski definition) is 5. The first-order valence-corrected chi connectivity index (χ1v) is 6.90. The number of aromatic amines is 1. The molecule has 6 heteroatoms. The Kier molecular flexibility index (Phi) is 4.00. The smallest absolute Gasteiger partial charge is 0.247 e. The van der Waals surface area contributed by atoms with Crippen LogP contribution in [0.4, 0.5) is 0 Å². The SMILES string of the molecule is COc1ccccc1CCc1nc(-c2ccc(=O)[nH]c2)no1. The van der Waals surface area contributed by atoms with Gasteiger partial charge >= 0.3 is 0 Å². The van der Waals surface area contributed by atoms with Crippen LogP contribution in [-0.2, 0) is 12.8 Å². The van der Waals surface area contributed by atoms with Gasteiger partial charge < -0.3 is 14.2 Å². The zero-order valence-corrected chi connectivity index (χ0v) is 12.1. The van der Waals surface area contributed by atoms with Gasteiger partial charge in [0.05, 0.1) is 7.11 Å². The average Bonchev–Trinajstić information content (AvgIpc) is 3.03. The first kappa shape index (κ1) is 14.1. The van der Waals surface area contributed by atoms with Gasteiger partial charge in [-0.2, -0.15) is 4.98 Å². The van der Waals surface area contributed by atoms with Crippen molar-refractivity contribution >= 4 is 0 Å². The molecule has 0 bridgehead atoms. The Hall–Kier alpha value is -2.89. The molecule has 0 radical (unpaired) electrons. The van der Waals surface area contributed by atoms with Crippen LogP contribution in [0.3, 0.4) is 0 Å². The lowest BCUT2D eigenvalue weighted by atomic mass is 10.1. The van der Waals surface area contributed by atoms with Crippen molar-refractivity contribution in [1.82, 2.24) is 15.1 Å². The summed E-state index contributed by atoms with van der Waals surface area (Å²) in [6.07, 6.45) is 2.94. The number of hydrogen-bond donors (Lipinski definition) is 1. The van der Waals surface area contributed by atoms with Crippen molar-refractivity contribution in [1.29, 1.82) is 0 Å². The normalized spacial score (nSPS) is 10.6. The van der Waals surface area contributed by atoms with E-state index in [0.29, 0.717) is 23.7 Å². The van der Waals surface area contributed by atoms with E-state index in [4.69, 9.17) is 9.26 Å². The van der Waals surface area contributed by atoms with Crippen LogP contribution >= 0.6 is 0 Å². The molecule has 0 aliphatic carbocycles. The van der Waals surface area contributed by atoms with E-state index in [1.54, 1.807) is 19.4 Å². The van der Waals surface area contributed by atoms with Gasteiger partial charge in [-0.05, 0) is 24.1 Å². The summed E-state index contributed by atoms with van der Waals surface area (Å²) in [6, 6.07) is 10.9. The second kappa shape index (κ2) is 6.26. The standard InChI is InChI=1S/C16H15N3O3/c1-21-13-5-3-2-4-11(13)7-9-15-18-16(19-22-15)12-6-8-14(20)17-10-12/h2-6,8,10H,7,9H2,1H3,(H,17,20). The fraction of sp³-hybridized carbons (Fsp3) is 0.188. The number of benzene rings is 1. The highest BCUT2D eigenvalue weighted by Gasteiger charge is 2.10. The molecule has 0 unspecified atom stereocenters. The van der Waals surface area contributed by atoms with Crippen molar-refractivity contribution in [2.75, 3.05) is 7.11 Å². The predicted molar refractivity (Wildman–Crippen MR) is 80.8 cm³/mol. The number of nitrogens with one attached hydrogen (secondary N) is 1. The topological polar surface area (TPSA) is 81.0 Å². The van der Waals surface area contributed by atoms with E-state index in [1.165, 1.54) is 6.07 Å². The molecule has 0 aliphatic heterocycles. The molecule has 0 aliphatic rings. The molecular formula is C16H15N3O3. The van der Waals surface area contributed by atoms with E-state index in [1.807, 2.05) is 24.3 Å². The van der Waals surface area contributed by atoms with Crippen molar-refractivity contribution < 1.29 is 9.26 Å². The van der Waals surface area contributed by atoms with Crippen LogP contribution in [0.25, 0.3) is 11.4 Å². The number of methoxy groups -OCH3 is 1. The minimum Gasteiger partial charge on any atom is -0.496 e. The largest absolute Gasteiger partial charge is 0.496 e. The van der Waals surface area contributed by atoms with E-state index in [0.717, 1.165) is 17.7 Å². The minimum atomic E-state index is -0.163. The zero-order chi connectivity index (χ0) is 15.4. The molecule has 3 aromatic rings. The van der Waals surface area contributed by atoms with Crippen molar-refractivity contribution in [3.05, 3.63) is 64.4 Å². The molecule has 0 amide bonds. The Morgan fingerprint density at radius 2 is 2.05 bits per heavy atom. The number of H-pyrrole nitrogens is 1. The van der Waals surface area contributed by atoms with Crippen molar-refractivity contribution in [3.63, 3.8) is 0 Å². The number of aromatic nitrogens is 3. The summed E-state index contributed by atoms with van der Waals surface area (Å²) < 4.78 is 10.6. The summed E-state index contributed by atoms with van der Waals surface area (Å²) in [5.41, 5.74) is 1.64. The highest BCUT2D eigenvalue weighted by atomic mass is 16.5. The highest BCUT2D eigenvalue weighted by Crippen LogP contribution is 2.20. The first-order chi connectivity index (χ1) is 10.8. The lowest BCUT2D eigenvalue weighted by Crippen LogP contribution is -2.01. The molecule has 0 spiro atoms. The van der Waals surface area contributed by atoms with Gasteiger partial charge in [0.2, 0.25) is 17.3 Å².